The Hall–Kier alpha value is -1.42. The lowest BCUT2D eigenvalue weighted by molar-refractivity contribution is 0.0600. The fourth-order valence-corrected chi connectivity index (χ4v) is 1.45. The highest BCUT2D eigenvalue weighted by Crippen LogP contribution is 2.16. The van der Waals surface area contributed by atoms with E-state index in [-0.39, 0.29) is 5.97 Å². The molecule has 18 heavy (non-hydrogen) atoms. The van der Waals surface area contributed by atoms with Crippen LogP contribution >= 0.6 is 0 Å². The molecule has 0 amide bonds. The first-order valence-corrected chi connectivity index (χ1v) is 6.16. The number of methoxy groups -OCH3 is 1. The van der Waals surface area contributed by atoms with Crippen LogP contribution in [0.25, 0.3) is 0 Å². The van der Waals surface area contributed by atoms with Crippen LogP contribution in [0.3, 0.4) is 0 Å². The topological polar surface area (TPSA) is 51.2 Å². The monoisotopic (exact) mass is 250 g/mol. The predicted octanol–water partition coefficient (Wildman–Crippen LogP) is 2.39. The molecule has 1 N–H and O–H groups in total. The molecule has 0 saturated carbocycles. The molecule has 0 unspecified atom stereocenters. The van der Waals surface area contributed by atoms with Crippen molar-refractivity contribution < 1.29 is 9.53 Å². The Labute approximate surface area is 109 Å². The molecule has 0 aliphatic heterocycles. The first kappa shape index (κ1) is 14.6. The maximum absolute atomic E-state index is 11.2. The van der Waals surface area contributed by atoms with E-state index in [1.54, 1.807) is 12.3 Å². The van der Waals surface area contributed by atoms with Crippen LogP contribution in [0.4, 0.5) is 0 Å². The molecule has 100 valence electrons. The number of rotatable bonds is 5. The average molecular weight is 250 g/mol. The van der Waals surface area contributed by atoms with Crippen LogP contribution in [0.1, 0.15) is 43.2 Å². The number of carbonyl (C=O) groups is 1. The van der Waals surface area contributed by atoms with Gasteiger partial charge in [-0.05, 0) is 30.5 Å². The Morgan fingerprint density at radius 2 is 2.11 bits per heavy atom. The molecule has 1 aromatic rings. The number of esters is 1. The first-order chi connectivity index (χ1) is 8.42. The highest BCUT2D eigenvalue weighted by Gasteiger charge is 2.09. The number of hydrogen-bond donors (Lipinski definition) is 1. The molecule has 0 aromatic carbocycles. The van der Waals surface area contributed by atoms with Crippen LogP contribution in [-0.2, 0) is 11.3 Å². The van der Waals surface area contributed by atoms with Gasteiger partial charge in [-0.1, -0.05) is 20.8 Å². The zero-order valence-electron chi connectivity index (χ0n) is 11.6. The Bertz CT molecular complexity index is 380. The second-order valence-electron chi connectivity index (χ2n) is 5.52. The third-order valence-electron chi connectivity index (χ3n) is 2.60. The zero-order chi connectivity index (χ0) is 13.6. The van der Waals surface area contributed by atoms with Gasteiger partial charge < -0.3 is 10.1 Å². The first-order valence-electron chi connectivity index (χ1n) is 6.16. The van der Waals surface area contributed by atoms with Gasteiger partial charge >= 0.3 is 5.97 Å². The summed E-state index contributed by atoms with van der Waals surface area (Å²) in [5.74, 6) is -0.352. The molecule has 0 radical (unpaired) electrons. The fraction of sp³-hybridized carbons (Fsp3) is 0.571. The van der Waals surface area contributed by atoms with E-state index in [9.17, 15) is 4.79 Å². The quantitative estimate of drug-likeness (QED) is 0.644. The Morgan fingerprint density at radius 3 is 2.61 bits per heavy atom. The van der Waals surface area contributed by atoms with Gasteiger partial charge in [0.1, 0.15) is 0 Å². The molecule has 1 heterocycles. The van der Waals surface area contributed by atoms with Crippen LogP contribution in [0.15, 0.2) is 18.3 Å². The average Bonchev–Trinajstić information content (AvgIpc) is 2.33. The summed E-state index contributed by atoms with van der Waals surface area (Å²) in [6, 6.07) is 3.58. The summed E-state index contributed by atoms with van der Waals surface area (Å²) >= 11 is 0. The zero-order valence-corrected chi connectivity index (χ0v) is 11.6. The SMILES string of the molecule is COC(=O)c1ccc(CNCCC(C)(C)C)nc1. The lowest BCUT2D eigenvalue weighted by atomic mass is 9.92. The predicted molar refractivity (Wildman–Crippen MR) is 71.4 cm³/mol. The molecule has 0 aliphatic rings. The molecule has 1 rings (SSSR count). The maximum Gasteiger partial charge on any atom is 0.339 e. The minimum atomic E-state index is -0.352. The molecule has 0 spiro atoms. The van der Waals surface area contributed by atoms with E-state index >= 15 is 0 Å². The maximum atomic E-state index is 11.2. The summed E-state index contributed by atoms with van der Waals surface area (Å²) in [6.07, 6.45) is 2.67. The standard InChI is InChI=1S/C14H22N2O2/c1-14(2,3)7-8-15-10-12-6-5-11(9-16-12)13(17)18-4/h5-6,9,15H,7-8,10H2,1-4H3. The summed E-state index contributed by atoms with van der Waals surface area (Å²) in [6.45, 7) is 8.34. The Kier molecular flexibility index (Phi) is 5.28. The number of aromatic nitrogens is 1. The molecule has 4 heteroatoms. The van der Waals surface area contributed by atoms with Crippen LogP contribution in [-0.4, -0.2) is 24.6 Å². The van der Waals surface area contributed by atoms with Crippen LogP contribution in [0.2, 0.25) is 0 Å². The van der Waals surface area contributed by atoms with Gasteiger partial charge in [-0.3, -0.25) is 4.98 Å². The number of nitrogens with zero attached hydrogens (tertiary/aromatic N) is 1. The Balaban J connectivity index is 2.38. The number of pyridine rings is 1. The van der Waals surface area contributed by atoms with Crippen LogP contribution < -0.4 is 5.32 Å². The fourth-order valence-electron chi connectivity index (χ4n) is 1.45. The third kappa shape index (κ3) is 5.27. The molecule has 0 fully saturated rings. The largest absolute Gasteiger partial charge is 0.465 e. The summed E-state index contributed by atoms with van der Waals surface area (Å²) in [5, 5.41) is 3.34. The van der Waals surface area contributed by atoms with Crippen molar-refractivity contribution in [3.8, 4) is 0 Å². The van der Waals surface area contributed by atoms with E-state index in [2.05, 4.69) is 35.8 Å². The van der Waals surface area contributed by atoms with Crippen molar-refractivity contribution in [1.29, 1.82) is 0 Å². The van der Waals surface area contributed by atoms with Crippen molar-refractivity contribution in [2.45, 2.75) is 33.7 Å². The molecule has 4 nitrogen and oxygen atoms in total. The molecule has 0 aliphatic carbocycles. The molecule has 0 atom stereocenters. The van der Waals surface area contributed by atoms with E-state index < -0.39 is 0 Å². The van der Waals surface area contributed by atoms with Crippen LogP contribution in [0, 0.1) is 5.41 Å². The van der Waals surface area contributed by atoms with E-state index in [4.69, 9.17) is 0 Å². The van der Waals surface area contributed by atoms with E-state index in [1.807, 2.05) is 6.07 Å². The molecule has 0 saturated heterocycles. The normalized spacial score (nSPS) is 11.3. The minimum absolute atomic E-state index is 0.342. The summed E-state index contributed by atoms with van der Waals surface area (Å²) in [7, 11) is 1.37. The van der Waals surface area contributed by atoms with E-state index in [0.717, 1.165) is 25.2 Å². The van der Waals surface area contributed by atoms with Gasteiger partial charge in [-0.15, -0.1) is 0 Å². The number of hydrogen-bond acceptors (Lipinski definition) is 4. The summed E-state index contributed by atoms with van der Waals surface area (Å²) < 4.78 is 4.62. The van der Waals surface area contributed by atoms with Gasteiger partial charge in [0.05, 0.1) is 18.4 Å². The van der Waals surface area contributed by atoms with Gasteiger partial charge in [0.25, 0.3) is 0 Å². The minimum Gasteiger partial charge on any atom is -0.465 e. The van der Waals surface area contributed by atoms with Gasteiger partial charge in [-0.2, -0.15) is 0 Å². The van der Waals surface area contributed by atoms with Gasteiger partial charge in [-0.25, -0.2) is 4.79 Å². The van der Waals surface area contributed by atoms with Crippen molar-refractivity contribution in [1.82, 2.24) is 10.3 Å². The number of carbonyl (C=O) groups excluding carboxylic acids is 1. The molecule has 1 aromatic heterocycles. The summed E-state index contributed by atoms with van der Waals surface area (Å²) in [5.41, 5.74) is 1.75. The van der Waals surface area contributed by atoms with Crippen molar-refractivity contribution in [2.24, 2.45) is 5.41 Å². The third-order valence-corrected chi connectivity index (χ3v) is 2.60. The summed E-state index contributed by atoms with van der Waals surface area (Å²) in [4.78, 5) is 15.4. The number of nitrogens with one attached hydrogen (secondary N) is 1. The van der Waals surface area contributed by atoms with Crippen molar-refractivity contribution in [2.75, 3.05) is 13.7 Å². The van der Waals surface area contributed by atoms with E-state index in [0.29, 0.717) is 11.0 Å². The van der Waals surface area contributed by atoms with Crippen molar-refractivity contribution in [3.63, 3.8) is 0 Å². The smallest absolute Gasteiger partial charge is 0.339 e. The lowest BCUT2D eigenvalue weighted by Crippen LogP contribution is -2.20. The highest BCUT2D eigenvalue weighted by molar-refractivity contribution is 5.88. The Morgan fingerprint density at radius 1 is 1.39 bits per heavy atom. The van der Waals surface area contributed by atoms with Crippen LogP contribution in [0.5, 0.6) is 0 Å². The van der Waals surface area contributed by atoms with Crippen molar-refractivity contribution >= 4 is 5.97 Å². The van der Waals surface area contributed by atoms with Gasteiger partial charge in [0.2, 0.25) is 0 Å². The van der Waals surface area contributed by atoms with E-state index in [1.165, 1.54) is 7.11 Å². The highest BCUT2D eigenvalue weighted by atomic mass is 16.5. The van der Waals surface area contributed by atoms with Crippen molar-refractivity contribution in [3.05, 3.63) is 29.6 Å². The second kappa shape index (κ2) is 6.50. The van der Waals surface area contributed by atoms with Gasteiger partial charge in [0, 0.05) is 12.7 Å². The number of ether oxygens (including phenoxy) is 1. The molecular formula is C14H22N2O2. The van der Waals surface area contributed by atoms with Gasteiger partial charge in [0.15, 0.2) is 0 Å². The second-order valence-corrected chi connectivity index (χ2v) is 5.52. The molecule has 0 bridgehead atoms. The molecular weight excluding hydrogens is 228 g/mol. The lowest BCUT2D eigenvalue weighted by Gasteiger charge is -2.17.